The van der Waals surface area contributed by atoms with E-state index in [2.05, 4.69) is 22.2 Å². The number of unbranched alkanes of at least 4 members (excludes halogenated alkanes) is 2. The molecule has 7 nitrogen and oxygen atoms in total. The van der Waals surface area contributed by atoms with Crippen molar-refractivity contribution in [3.63, 3.8) is 0 Å². The molecule has 2 aromatic heterocycles. The van der Waals surface area contributed by atoms with E-state index >= 15 is 0 Å². The first-order valence-electron chi connectivity index (χ1n) is 9.61. The highest BCUT2D eigenvalue weighted by atomic mass is 32.1. The van der Waals surface area contributed by atoms with Crippen LogP contribution >= 0.6 is 12.2 Å². The lowest BCUT2D eigenvalue weighted by atomic mass is 10.1. The number of rotatable bonds is 9. The molecule has 1 amide bonds. The fourth-order valence-corrected chi connectivity index (χ4v) is 3.39. The summed E-state index contributed by atoms with van der Waals surface area (Å²) in [6, 6.07) is 5.07. The average molecular weight is 400 g/mol. The number of carbonyl (C=O) groups excluding carboxylic acids is 1. The maximum absolute atomic E-state index is 12.7. The zero-order valence-corrected chi connectivity index (χ0v) is 16.8. The third-order valence-corrected chi connectivity index (χ3v) is 4.99. The van der Waals surface area contributed by atoms with E-state index in [1.165, 1.54) is 0 Å². The van der Waals surface area contributed by atoms with Crippen LogP contribution in [0.15, 0.2) is 41.7 Å². The van der Waals surface area contributed by atoms with Crippen molar-refractivity contribution in [2.45, 2.75) is 45.7 Å². The highest BCUT2D eigenvalue weighted by molar-refractivity contribution is 7.71. The number of hydrogen-bond donors (Lipinski definition) is 2. The fourth-order valence-electron chi connectivity index (χ4n) is 3.10. The molecule has 0 bridgehead atoms. The van der Waals surface area contributed by atoms with E-state index in [1.807, 2.05) is 10.8 Å². The number of hydrogen-bond acceptors (Lipinski definition) is 4. The molecule has 1 aromatic carbocycles. The van der Waals surface area contributed by atoms with Crippen LogP contribution in [0.4, 0.5) is 0 Å². The Balaban J connectivity index is 1.69. The molecular weight excluding hydrogens is 374 g/mol. The first-order valence-corrected chi connectivity index (χ1v) is 10.0. The molecule has 0 saturated carbocycles. The van der Waals surface area contributed by atoms with Crippen LogP contribution in [0.5, 0.6) is 0 Å². The van der Waals surface area contributed by atoms with Crippen molar-refractivity contribution >= 4 is 29.0 Å². The smallest absolute Gasteiger partial charge is 0.262 e. The number of carbonyl (C=O) groups is 1. The molecule has 0 aliphatic rings. The van der Waals surface area contributed by atoms with Crippen LogP contribution in [-0.2, 0) is 13.1 Å². The lowest BCUT2D eigenvalue weighted by Crippen LogP contribution is -2.26. The van der Waals surface area contributed by atoms with Gasteiger partial charge in [-0.1, -0.05) is 19.8 Å². The topological polar surface area (TPSA) is 84.7 Å². The van der Waals surface area contributed by atoms with Gasteiger partial charge in [0.05, 0.1) is 17.2 Å². The van der Waals surface area contributed by atoms with Crippen LogP contribution < -0.4 is 10.9 Å². The molecule has 0 fully saturated rings. The van der Waals surface area contributed by atoms with E-state index in [0.717, 1.165) is 32.2 Å². The Morgan fingerprint density at radius 1 is 1.25 bits per heavy atom. The van der Waals surface area contributed by atoms with Gasteiger partial charge in [-0.3, -0.25) is 14.2 Å². The molecule has 2 heterocycles. The summed E-state index contributed by atoms with van der Waals surface area (Å²) >= 11 is 5.35. The molecule has 3 rings (SSSR count). The van der Waals surface area contributed by atoms with Crippen LogP contribution in [-0.4, -0.2) is 31.6 Å². The van der Waals surface area contributed by atoms with Crippen molar-refractivity contribution in [1.82, 2.24) is 24.4 Å². The maximum Gasteiger partial charge on any atom is 0.262 e. The highest BCUT2D eigenvalue weighted by Crippen LogP contribution is 2.11. The Bertz CT molecular complexity index is 1050. The summed E-state index contributed by atoms with van der Waals surface area (Å²) in [5.74, 6) is -0.168. The maximum atomic E-state index is 12.7. The summed E-state index contributed by atoms with van der Waals surface area (Å²) in [6.45, 7) is 4.08. The van der Waals surface area contributed by atoms with Crippen LogP contribution in [0.3, 0.4) is 0 Å². The van der Waals surface area contributed by atoms with Gasteiger partial charge in [0.2, 0.25) is 0 Å². The summed E-state index contributed by atoms with van der Waals surface area (Å²) in [5.41, 5.74) is 0.985. The second-order valence-electron chi connectivity index (χ2n) is 6.76. The molecule has 3 aromatic rings. The Morgan fingerprint density at radius 2 is 2.11 bits per heavy atom. The number of aryl methyl sites for hydroxylation is 1. The predicted molar refractivity (Wildman–Crippen MR) is 112 cm³/mol. The first-order chi connectivity index (χ1) is 13.6. The number of imidazole rings is 1. The molecule has 0 aliphatic carbocycles. The monoisotopic (exact) mass is 399 g/mol. The first kappa shape index (κ1) is 20.0. The number of H-pyrrole nitrogens is 1. The molecule has 8 heteroatoms. The van der Waals surface area contributed by atoms with E-state index in [9.17, 15) is 9.59 Å². The van der Waals surface area contributed by atoms with E-state index in [1.54, 1.807) is 35.3 Å². The molecule has 28 heavy (non-hydrogen) atoms. The van der Waals surface area contributed by atoms with E-state index in [0.29, 0.717) is 34.3 Å². The van der Waals surface area contributed by atoms with Crippen molar-refractivity contribution in [1.29, 1.82) is 0 Å². The molecule has 0 aliphatic heterocycles. The zero-order chi connectivity index (χ0) is 19.9. The number of nitrogens with zero attached hydrogens (tertiary/aromatic N) is 3. The van der Waals surface area contributed by atoms with Gasteiger partial charge >= 0.3 is 0 Å². The SMILES string of the molecule is CCCCCn1c(=S)[nH]c2cc(C(=O)NCCCn3ccnc3)ccc2c1=O. The van der Waals surface area contributed by atoms with Gasteiger partial charge in [-0.25, -0.2) is 4.98 Å². The lowest BCUT2D eigenvalue weighted by Gasteiger charge is -2.09. The van der Waals surface area contributed by atoms with E-state index in [-0.39, 0.29) is 11.5 Å². The van der Waals surface area contributed by atoms with Crippen molar-refractivity contribution in [3.8, 4) is 0 Å². The Kier molecular flexibility index (Phi) is 6.76. The molecule has 0 radical (unpaired) electrons. The average Bonchev–Trinajstić information content (AvgIpc) is 3.20. The van der Waals surface area contributed by atoms with Crippen LogP contribution in [0, 0.1) is 4.77 Å². The summed E-state index contributed by atoms with van der Waals surface area (Å²) in [5, 5.41) is 3.45. The third kappa shape index (κ3) is 4.75. The zero-order valence-electron chi connectivity index (χ0n) is 16.0. The van der Waals surface area contributed by atoms with Gasteiger partial charge in [0.1, 0.15) is 0 Å². The number of fused-ring (bicyclic) bond motifs is 1. The number of aromatic nitrogens is 4. The summed E-state index contributed by atoms with van der Waals surface area (Å²) in [6.07, 6.45) is 9.23. The quantitative estimate of drug-likeness (QED) is 0.427. The Labute approximate surface area is 168 Å². The summed E-state index contributed by atoms with van der Waals surface area (Å²) in [4.78, 5) is 32.2. The predicted octanol–water partition coefficient (Wildman–Crippen LogP) is 3.27. The molecule has 0 saturated heterocycles. The lowest BCUT2D eigenvalue weighted by molar-refractivity contribution is 0.0953. The second kappa shape index (κ2) is 9.45. The standard InChI is InChI=1S/C20H25N5O2S/c1-2-3-4-11-25-19(27)16-7-6-15(13-17(16)23-20(25)28)18(26)22-8-5-10-24-12-9-21-14-24/h6-7,9,12-14H,2-5,8,10-11H2,1H3,(H,22,26)(H,23,28). The Morgan fingerprint density at radius 3 is 2.86 bits per heavy atom. The van der Waals surface area contributed by atoms with Crippen molar-refractivity contribution in [2.75, 3.05) is 6.54 Å². The van der Waals surface area contributed by atoms with E-state index < -0.39 is 0 Å². The molecule has 0 atom stereocenters. The minimum Gasteiger partial charge on any atom is -0.352 e. The van der Waals surface area contributed by atoms with Crippen molar-refractivity contribution in [3.05, 3.63) is 57.6 Å². The number of nitrogens with one attached hydrogen (secondary N) is 2. The van der Waals surface area contributed by atoms with Crippen LogP contribution in [0.1, 0.15) is 43.0 Å². The van der Waals surface area contributed by atoms with Crippen LogP contribution in [0.25, 0.3) is 10.9 Å². The molecule has 148 valence electrons. The molecule has 2 N–H and O–H groups in total. The minimum atomic E-state index is -0.168. The summed E-state index contributed by atoms with van der Waals surface area (Å²) < 4.78 is 3.96. The van der Waals surface area contributed by atoms with Crippen LogP contribution in [0.2, 0.25) is 0 Å². The third-order valence-electron chi connectivity index (χ3n) is 4.67. The molecular formula is C20H25N5O2S. The van der Waals surface area contributed by atoms with Gasteiger partial charge in [0.25, 0.3) is 11.5 Å². The second-order valence-corrected chi connectivity index (χ2v) is 7.15. The summed E-state index contributed by atoms with van der Waals surface area (Å²) in [7, 11) is 0. The van der Waals surface area contributed by atoms with Crippen molar-refractivity contribution in [2.24, 2.45) is 0 Å². The largest absolute Gasteiger partial charge is 0.352 e. The van der Waals surface area contributed by atoms with Gasteiger partial charge in [0.15, 0.2) is 4.77 Å². The van der Waals surface area contributed by atoms with Gasteiger partial charge in [-0.2, -0.15) is 0 Å². The number of amides is 1. The molecule has 0 spiro atoms. The highest BCUT2D eigenvalue weighted by Gasteiger charge is 2.10. The van der Waals surface area contributed by atoms with Crippen molar-refractivity contribution < 1.29 is 4.79 Å². The number of aromatic amines is 1. The fraction of sp³-hybridized carbons (Fsp3) is 0.400. The van der Waals surface area contributed by atoms with Gasteiger partial charge in [0, 0.05) is 37.6 Å². The molecule has 0 unspecified atom stereocenters. The normalized spacial score (nSPS) is 11.0. The van der Waals surface area contributed by atoms with Gasteiger partial charge < -0.3 is 14.9 Å². The number of benzene rings is 1. The van der Waals surface area contributed by atoms with E-state index in [4.69, 9.17) is 12.2 Å². The Hall–Kier alpha value is -2.74. The van der Waals surface area contributed by atoms with Gasteiger partial charge in [-0.05, 0) is 43.3 Å². The van der Waals surface area contributed by atoms with Gasteiger partial charge in [-0.15, -0.1) is 0 Å². The minimum absolute atomic E-state index is 0.109.